The molecule has 64 valence electrons. The minimum Gasteiger partial charge on any atom is -0.348 e. The molecule has 1 aliphatic rings. The topological polar surface area (TPSA) is 3.24 Å². The molecule has 0 saturated heterocycles. The van der Waals surface area contributed by atoms with Gasteiger partial charge in [0.05, 0.1) is 0 Å². The maximum atomic E-state index is 3.93. The van der Waals surface area contributed by atoms with Crippen molar-refractivity contribution in [1.29, 1.82) is 0 Å². The summed E-state index contributed by atoms with van der Waals surface area (Å²) in [4.78, 5) is 2.12. The van der Waals surface area contributed by atoms with E-state index < -0.39 is 0 Å². The van der Waals surface area contributed by atoms with Crippen LogP contribution in [0.5, 0.6) is 0 Å². The van der Waals surface area contributed by atoms with E-state index in [1.165, 1.54) is 5.57 Å². The van der Waals surface area contributed by atoms with Crippen molar-refractivity contribution in [3.05, 3.63) is 48.4 Å². The lowest BCUT2D eigenvalue weighted by Gasteiger charge is -2.23. The van der Waals surface area contributed by atoms with Gasteiger partial charge in [0.1, 0.15) is 0 Å². The maximum absolute atomic E-state index is 3.93. The summed E-state index contributed by atoms with van der Waals surface area (Å²) in [7, 11) is 0. The van der Waals surface area contributed by atoms with Crippen molar-refractivity contribution >= 4 is 0 Å². The van der Waals surface area contributed by atoms with Gasteiger partial charge in [-0.25, -0.2) is 0 Å². The maximum Gasteiger partial charge on any atom is 0.0333 e. The van der Waals surface area contributed by atoms with Crippen LogP contribution >= 0.6 is 0 Å². The fourth-order valence-corrected chi connectivity index (χ4v) is 1.12. The van der Waals surface area contributed by atoms with Crippen molar-refractivity contribution in [3.8, 4) is 0 Å². The zero-order chi connectivity index (χ0) is 9.14. The molecule has 1 rings (SSSR count). The average Bonchev–Trinajstić information content (AvgIpc) is 2.05. The zero-order valence-electron chi connectivity index (χ0n) is 7.80. The second kappa shape index (κ2) is 3.44. The highest BCUT2D eigenvalue weighted by molar-refractivity contribution is 5.42. The molecule has 1 nitrogen and oxygen atoms in total. The Labute approximate surface area is 74.4 Å². The van der Waals surface area contributed by atoms with Crippen LogP contribution in [0.15, 0.2) is 48.4 Å². The number of hydrogen-bond donors (Lipinski definition) is 0. The first-order valence-corrected chi connectivity index (χ1v) is 4.16. The molecule has 0 aromatic carbocycles. The summed E-state index contributed by atoms with van der Waals surface area (Å²) < 4.78 is 0. The Kier molecular flexibility index (Phi) is 2.54. The van der Waals surface area contributed by atoms with Gasteiger partial charge in [-0.2, -0.15) is 0 Å². The highest BCUT2D eigenvalue weighted by Gasteiger charge is 2.06. The first-order chi connectivity index (χ1) is 5.65. The monoisotopic (exact) mass is 161 g/mol. The van der Waals surface area contributed by atoms with Crippen LogP contribution in [-0.2, 0) is 0 Å². The van der Waals surface area contributed by atoms with E-state index in [0.717, 1.165) is 17.8 Å². The summed E-state index contributed by atoms with van der Waals surface area (Å²) in [6, 6.07) is 0. The van der Waals surface area contributed by atoms with E-state index in [2.05, 4.69) is 37.3 Å². The lowest BCUT2D eigenvalue weighted by molar-refractivity contribution is 0.502. The van der Waals surface area contributed by atoms with E-state index in [4.69, 9.17) is 0 Å². The molecule has 0 bridgehead atoms. The molecule has 0 aliphatic carbocycles. The molecular formula is C11H15N. The molecule has 1 heteroatoms. The van der Waals surface area contributed by atoms with E-state index >= 15 is 0 Å². The van der Waals surface area contributed by atoms with E-state index in [1.54, 1.807) is 0 Å². The van der Waals surface area contributed by atoms with Crippen LogP contribution < -0.4 is 0 Å². The predicted molar refractivity (Wildman–Crippen MR) is 53.6 cm³/mol. The van der Waals surface area contributed by atoms with Gasteiger partial charge in [0, 0.05) is 18.4 Å². The van der Waals surface area contributed by atoms with Crippen molar-refractivity contribution in [1.82, 2.24) is 4.90 Å². The van der Waals surface area contributed by atoms with Crippen LogP contribution in [0.1, 0.15) is 13.8 Å². The Balaban J connectivity index is 2.87. The molecule has 0 amide bonds. The molecule has 0 atom stereocenters. The van der Waals surface area contributed by atoms with Crippen LogP contribution in [0.4, 0.5) is 0 Å². The molecule has 0 aromatic rings. The number of hydrogen-bond acceptors (Lipinski definition) is 1. The lowest BCUT2D eigenvalue weighted by Crippen LogP contribution is -2.17. The van der Waals surface area contributed by atoms with Crippen molar-refractivity contribution < 1.29 is 0 Å². The third-order valence-electron chi connectivity index (χ3n) is 1.95. The molecular weight excluding hydrogens is 146 g/mol. The molecule has 0 unspecified atom stereocenters. The van der Waals surface area contributed by atoms with Crippen LogP contribution in [0.2, 0.25) is 0 Å². The number of likely N-dealkylation sites (N-methyl/N-ethyl adjacent to an activating group) is 1. The van der Waals surface area contributed by atoms with Crippen LogP contribution in [0.25, 0.3) is 0 Å². The lowest BCUT2D eigenvalue weighted by atomic mass is 10.1. The molecule has 1 aliphatic heterocycles. The van der Waals surface area contributed by atoms with Gasteiger partial charge in [-0.3, -0.25) is 0 Å². The largest absolute Gasteiger partial charge is 0.348 e. The standard InChI is InChI=1S/C11H15N/c1-5-12-8-11(9(2)3)7-6-10(12)4/h6-8H,2,4-5H2,1,3H3. The van der Waals surface area contributed by atoms with Gasteiger partial charge in [-0.05, 0) is 31.1 Å². The van der Waals surface area contributed by atoms with Gasteiger partial charge in [-0.1, -0.05) is 19.2 Å². The van der Waals surface area contributed by atoms with Gasteiger partial charge in [-0.15, -0.1) is 0 Å². The van der Waals surface area contributed by atoms with Crippen molar-refractivity contribution in [2.45, 2.75) is 13.8 Å². The molecule has 0 saturated carbocycles. The molecule has 12 heavy (non-hydrogen) atoms. The van der Waals surface area contributed by atoms with E-state index in [1.807, 2.05) is 13.0 Å². The molecule has 0 aromatic heterocycles. The van der Waals surface area contributed by atoms with Crippen LogP contribution in [0.3, 0.4) is 0 Å². The molecule has 1 heterocycles. The first-order valence-electron chi connectivity index (χ1n) is 4.16. The predicted octanol–water partition coefficient (Wildman–Crippen LogP) is 2.85. The molecule has 0 radical (unpaired) electrons. The van der Waals surface area contributed by atoms with Gasteiger partial charge in [0.15, 0.2) is 0 Å². The summed E-state index contributed by atoms with van der Waals surface area (Å²) in [5, 5.41) is 0. The fourth-order valence-electron chi connectivity index (χ4n) is 1.12. The minimum absolute atomic E-state index is 0.958. The quantitative estimate of drug-likeness (QED) is 0.602. The Morgan fingerprint density at radius 1 is 1.50 bits per heavy atom. The van der Waals surface area contributed by atoms with Gasteiger partial charge < -0.3 is 4.90 Å². The summed E-state index contributed by atoms with van der Waals surface area (Å²) in [6.07, 6.45) is 6.16. The number of rotatable bonds is 2. The first kappa shape index (κ1) is 8.85. The van der Waals surface area contributed by atoms with Crippen molar-refractivity contribution in [3.63, 3.8) is 0 Å². The number of nitrogens with zero attached hydrogens (tertiary/aromatic N) is 1. The van der Waals surface area contributed by atoms with Crippen molar-refractivity contribution in [2.24, 2.45) is 0 Å². The highest BCUT2D eigenvalue weighted by Crippen LogP contribution is 2.19. The smallest absolute Gasteiger partial charge is 0.0333 e. The second-order valence-corrected chi connectivity index (χ2v) is 2.98. The Hall–Kier alpha value is -1.24. The van der Waals surface area contributed by atoms with E-state index in [-0.39, 0.29) is 0 Å². The third-order valence-corrected chi connectivity index (χ3v) is 1.95. The fraction of sp³-hybridized carbons (Fsp3) is 0.273. The van der Waals surface area contributed by atoms with E-state index in [0.29, 0.717) is 0 Å². The Morgan fingerprint density at radius 2 is 2.17 bits per heavy atom. The van der Waals surface area contributed by atoms with E-state index in [9.17, 15) is 0 Å². The molecule has 0 N–H and O–H groups in total. The zero-order valence-corrected chi connectivity index (χ0v) is 7.80. The minimum atomic E-state index is 0.958. The highest BCUT2D eigenvalue weighted by atomic mass is 15.1. The second-order valence-electron chi connectivity index (χ2n) is 2.98. The van der Waals surface area contributed by atoms with Crippen LogP contribution in [-0.4, -0.2) is 11.4 Å². The number of allylic oxidation sites excluding steroid dienone is 4. The van der Waals surface area contributed by atoms with Gasteiger partial charge in [0.2, 0.25) is 0 Å². The summed E-state index contributed by atoms with van der Waals surface area (Å²) in [6.45, 7) is 12.9. The summed E-state index contributed by atoms with van der Waals surface area (Å²) >= 11 is 0. The van der Waals surface area contributed by atoms with Gasteiger partial charge >= 0.3 is 0 Å². The SMILES string of the molecule is C=C(C)C1=CN(CC)C(=C)C=C1. The normalized spacial score (nSPS) is 16.3. The average molecular weight is 161 g/mol. The van der Waals surface area contributed by atoms with Crippen LogP contribution in [0, 0.1) is 0 Å². The third kappa shape index (κ3) is 1.67. The molecule has 0 spiro atoms. The Morgan fingerprint density at radius 3 is 2.67 bits per heavy atom. The summed E-state index contributed by atoms with van der Waals surface area (Å²) in [5.41, 5.74) is 3.32. The van der Waals surface area contributed by atoms with Crippen molar-refractivity contribution in [2.75, 3.05) is 6.54 Å². The Bertz CT molecular complexity index is 269. The summed E-state index contributed by atoms with van der Waals surface area (Å²) in [5.74, 6) is 0. The van der Waals surface area contributed by atoms with Gasteiger partial charge in [0.25, 0.3) is 0 Å². The molecule has 0 fully saturated rings.